The first-order valence-electron chi connectivity index (χ1n) is 11.5. The van der Waals surface area contributed by atoms with Gasteiger partial charge in [-0.2, -0.15) is 5.10 Å². The Morgan fingerprint density at radius 1 is 1.23 bits per heavy atom. The third-order valence-electron chi connectivity index (χ3n) is 6.23. The molecular formula is C24H26ClN9O. The van der Waals surface area contributed by atoms with Crippen molar-refractivity contribution in [2.45, 2.75) is 33.4 Å². The largest absolute Gasteiger partial charge is 0.356 e. The van der Waals surface area contributed by atoms with Crippen molar-refractivity contribution in [2.75, 3.05) is 18.0 Å². The summed E-state index contributed by atoms with van der Waals surface area (Å²) < 4.78 is 3.28. The summed E-state index contributed by atoms with van der Waals surface area (Å²) in [7, 11) is 0. The lowest BCUT2D eigenvalue weighted by atomic mass is 10.1. The van der Waals surface area contributed by atoms with Gasteiger partial charge in [-0.3, -0.25) is 9.48 Å². The van der Waals surface area contributed by atoms with Crippen molar-refractivity contribution in [3.05, 3.63) is 76.5 Å². The molecule has 4 aromatic rings. The van der Waals surface area contributed by atoms with Gasteiger partial charge in [0.05, 0.1) is 24.0 Å². The first kappa shape index (κ1) is 23.0. The van der Waals surface area contributed by atoms with Gasteiger partial charge in [-0.05, 0) is 65.1 Å². The summed E-state index contributed by atoms with van der Waals surface area (Å²) >= 11 is 6.16. The van der Waals surface area contributed by atoms with Gasteiger partial charge in [-0.25, -0.2) is 9.67 Å². The van der Waals surface area contributed by atoms with Crippen molar-refractivity contribution in [1.29, 1.82) is 0 Å². The molecule has 11 heteroatoms. The fourth-order valence-electron chi connectivity index (χ4n) is 4.27. The number of benzene rings is 1. The minimum atomic E-state index is -0.229. The quantitative estimate of drug-likeness (QED) is 0.423. The molecule has 4 heterocycles. The van der Waals surface area contributed by atoms with E-state index in [0.29, 0.717) is 23.0 Å². The molecule has 1 N–H and O–H groups in total. The van der Waals surface area contributed by atoms with Gasteiger partial charge in [0.15, 0.2) is 0 Å². The van der Waals surface area contributed by atoms with Gasteiger partial charge in [0.1, 0.15) is 12.1 Å². The molecule has 5 rings (SSSR count). The van der Waals surface area contributed by atoms with E-state index >= 15 is 0 Å². The lowest BCUT2D eigenvalue weighted by molar-refractivity contribution is 0.0951. The maximum Gasteiger partial charge on any atom is 0.254 e. The number of rotatable bonds is 7. The highest BCUT2D eigenvalue weighted by molar-refractivity contribution is 6.30. The van der Waals surface area contributed by atoms with E-state index in [-0.39, 0.29) is 12.5 Å². The van der Waals surface area contributed by atoms with Crippen LogP contribution in [0.15, 0.2) is 49.1 Å². The number of carbonyl (C=O) groups is 1. The molecule has 1 aliphatic rings. The van der Waals surface area contributed by atoms with Gasteiger partial charge in [-0.15, -0.1) is 5.10 Å². The molecule has 1 atom stereocenters. The van der Waals surface area contributed by atoms with E-state index in [1.54, 1.807) is 29.2 Å². The third kappa shape index (κ3) is 5.17. The zero-order valence-electron chi connectivity index (χ0n) is 19.6. The molecule has 10 nitrogen and oxygen atoms in total. The average Bonchev–Trinajstić information content (AvgIpc) is 3.61. The number of halogens is 1. The van der Waals surface area contributed by atoms with E-state index < -0.39 is 0 Å². The second-order valence-electron chi connectivity index (χ2n) is 8.89. The van der Waals surface area contributed by atoms with Crippen LogP contribution in [0.5, 0.6) is 0 Å². The predicted octanol–water partition coefficient (Wildman–Crippen LogP) is 3.04. The highest BCUT2D eigenvalue weighted by Gasteiger charge is 2.20. The second-order valence-corrected chi connectivity index (χ2v) is 9.33. The van der Waals surface area contributed by atoms with Crippen LogP contribution < -0.4 is 10.2 Å². The summed E-state index contributed by atoms with van der Waals surface area (Å²) in [6.07, 6.45) is 6.01. The van der Waals surface area contributed by atoms with Crippen LogP contribution in [0.25, 0.3) is 5.69 Å². The monoisotopic (exact) mass is 491 g/mol. The number of pyridine rings is 1. The molecule has 1 saturated heterocycles. The number of tetrazole rings is 1. The molecule has 35 heavy (non-hydrogen) atoms. The van der Waals surface area contributed by atoms with E-state index in [0.717, 1.165) is 41.4 Å². The van der Waals surface area contributed by atoms with Crippen LogP contribution >= 0.6 is 11.6 Å². The third-order valence-corrected chi connectivity index (χ3v) is 6.47. The molecule has 1 aliphatic heterocycles. The number of amides is 1. The Hall–Kier alpha value is -3.79. The van der Waals surface area contributed by atoms with Gasteiger partial charge in [0, 0.05) is 36.5 Å². The van der Waals surface area contributed by atoms with Crippen LogP contribution in [0.4, 0.5) is 5.82 Å². The topological polar surface area (TPSA) is 107 Å². The molecule has 0 aliphatic carbocycles. The molecule has 0 saturated carbocycles. The predicted molar refractivity (Wildman–Crippen MR) is 132 cm³/mol. The number of hydrogen-bond acceptors (Lipinski definition) is 7. The van der Waals surface area contributed by atoms with Crippen molar-refractivity contribution in [2.24, 2.45) is 5.92 Å². The van der Waals surface area contributed by atoms with Crippen LogP contribution in [-0.4, -0.2) is 54.0 Å². The molecule has 3 aromatic heterocycles. The molecule has 1 aromatic carbocycles. The van der Waals surface area contributed by atoms with E-state index in [2.05, 4.69) is 49.9 Å². The summed E-state index contributed by atoms with van der Waals surface area (Å²) in [6.45, 7) is 7.20. The Morgan fingerprint density at radius 3 is 2.86 bits per heavy atom. The smallest absolute Gasteiger partial charge is 0.254 e. The lowest BCUT2D eigenvalue weighted by Gasteiger charge is -2.18. The van der Waals surface area contributed by atoms with Crippen LogP contribution in [-0.2, 0) is 13.1 Å². The summed E-state index contributed by atoms with van der Waals surface area (Å²) in [5, 5.41) is 19.1. The van der Waals surface area contributed by atoms with Crippen molar-refractivity contribution >= 4 is 23.3 Å². The highest BCUT2D eigenvalue weighted by atomic mass is 35.5. The highest BCUT2D eigenvalue weighted by Crippen LogP contribution is 2.23. The summed E-state index contributed by atoms with van der Waals surface area (Å²) in [6, 6.07) is 9.52. The number of aromatic nitrogens is 7. The van der Waals surface area contributed by atoms with E-state index in [9.17, 15) is 4.79 Å². The molecule has 0 radical (unpaired) electrons. The molecule has 1 amide bonds. The SMILES string of the molecule is Cc1nc(N2CCC(C)C2)ccc1Cn1cc(C(=O)NCc2cc(Cl)ccc2-n2cnnn2)cn1. The van der Waals surface area contributed by atoms with Gasteiger partial charge >= 0.3 is 0 Å². The fourth-order valence-corrected chi connectivity index (χ4v) is 4.47. The zero-order chi connectivity index (χ0) is 24.4. The molecule has 1 fully saturated rings. The number of anilines is 1. The summed E-state index contributed by atoms with van der Waals surface area (Å²) in [5.74, 6) is 1.50. The van der Waals surface area contributed by atoms with E-state index in [1.807, 2.05) is 13.0 Å². The Balaban J connectivity index is 1.23. The van der Waals surface area contributed by atoms with Crippen LogP contribution in [0.2, 0.25) is 5.02 Å². The van der Waals surface area contributed by atoms with Crippen LogP contribution in [0.3, 0.4) is 0 Å². The zero-order valence-corrected chi connectivity index (χ0v) is 20.4. The Labute approximate surface area is 207 Å². The number of carbonyl (C=O) groups excluding carboxylic acids is 1. The van der Waals surface area contributed by atoms with Crippen LogP contribution in [0, 0.1) is 12.8 Å². The molecule has 0 bridgehead atoms. The van der Waals surface area contributed by atoms with Crippen LogP contribution in [0.1, 0.15) is 40.5 Å². The van der Waals surface area contributed by atoms with Gasteiger partial charge in [0.25, 0.3) is 5.91 Å². The van der Waals surface area contributed by atoms with Gasteiger partial charge in [0.2, 0.25) is 0 Å². The van der Waals surface area contributed by atoms with Crippen molar-refractivity contribution in [3.8, 4) is 5.69 Å². The molecule has 1 unspecified atom stereocenters. The minimum absolute atomic E-state index is 0.229. The molecule has 0 spiro atoms. The normalized spacial score (nSPS) is 15.5. The second kappa shape index (κ2) is 9.83. The van der Waals surface area contributed by atoms with Gasteiger partial charge in [-0.1, -0.05) is 24.6 Å². The number of nitrogens with zero attached hydrogens (tertiary/aromatic N) is 8. The molecular weight excluding hydrogens is 466 g/mol. The standard InChI is InChI=1S/C24H26ClN9O/c1-16-7-8-32(12-16)23-6-3-18(17(2)29-23)13-33-14-20(11-28-33)24(35)26-10-19-9-21(25)4-5-22(19)34-15-27-30-31-34/h3-6,9,11,14-16H,7-8,10,12-13H2,1-2H3,(H,26,35). The first-order valence-corrected chi connectivity index (χ1v) is 11.9. The van der Waals surface area contributed by atoms with E-state index in [1.165, 1.54) is 17.4 Å². The number of hydrogen-bond donors (Lipinski definition) is 1. The maximum absolute atomic E-state index is 12.8. The van der Waals surface area contributed by atoms with Gasteiger partial charge < -0.3 is 10.2 Å². The Morgan fingerprint density at radius 2 is 2.11 bits per heavy atom. The average molecular weight is 492 g/mol. The number of aryl methyl sites for hydroxylation is 1. The summed E-state index contributed by atoms with van der Waals surface area (Å²) in [4.78, 5) is 19.9. The fraction of sp³-hybridized carbons (Fsp3) is 0.333. The van der Waals surface area contributed by atoms with Crippen molar-refractivity contribution < 1.29 is 4.79 Å². The summed E-state index contributed by atoms with van der Waals surface area (Å²) in [5.41, 5.74) is 4.05. The lowest BCUT2D eigenvalue weighted by Crippen LogP contribution is -2.23. The van der Waals surface area contributed by atoms with E-state index in [4.69, 9.17) is 16.6 Å². The Kier molecular flexibility index (Phi) is 6.45. The minimum Gasteiger partial charge on any atom is -0.356 e. The first-order chi connectivity index (χ1) is 17.0. The van der Waals surface area contributed by atoms with Crippen molar-refractivity contribution in [3.63, 3.8) is 0 Å². The number of nitrogens with one attached hydrogen (secondary N) is 1. The Bertz CT molecular complexity index is 1330. The maximum atomic E-state index is 12.8. The molecule has 180 valence electrons. The van der Waals surface area contributed by atoms with Crippen molar-refractivity contribution in [1.82, 2.24) is 40.3 Å².